The molecule has 2 aliphatic rings. The zero-order valence-electron chi connectivity index (χ0n) is 20.3. The van der Waals surface area contributed by atoms with Gasteiger partial charge in [-0.2, -0.15) is 0 Å². The van der Waals surface area contributed by atoms with E-state index in [0.29, 0.717) is 24.5 Å². The van der Waals surface area contributed by atoms with E-state index in [4.69, 9.17) is 9.47 Å². The van der Waals surface area contributed by atoms with Crippen molar-refractivity contribution in [1.29, 1.82) is 0 Å². The van der Waals surface area contributed by atoms with E-state index in [-0.39, 0.29) is 11.5 Å². The molecule has 3 aromatic carbocycles. The maximum absolute atomic E-state index is 13.8. The van der Waals surface area contributed by atoms with Crippen LogP contribution in [0.5, 0.6) is 17.2 Å². The fourth-order valence-corrected chi connectivity index (χ4v) is 6.26. The van der Waals surface area contributed by atoms with Crippen LogP contribution in [-0.2, 0) is 14.7 Å². The van der Waals surface area contributed by atoms with Gasteiger partial charge in [0.05, 0.1) is 41.1 Å². The number of para-hydroxylation sites is 4. The first-order chi connectivity index (χ1) is 18.2. The van der Waals surface area contributed by atoms with Crippen LogP contribution in [0.2, 0.25) is 0 Å². The summed E-state index contributed by atoms with van der Waals surface area (Å²) in [5.74, 6) is 0.838. The molecule has 0 amide bonds. The smallest absolute Gasteiger partial charge is 0.453 e. The van der Waals surface area contributed by atoms with Crippen LogP contribution in [0.15, 0.2) is 82.1 Å². The second-order valence-corrected chi connectivity index (χ2v) is 10.9. The maximum Gasteiger partial charge on any atom is 0.573 e. The first-order valence-electron chi connectivity index (χ1n) is 11.9. The van der Waals surface area contributed by atoms with E-state index in [0.717, 1.165) is 23.5 Å². The highest BCUT2D eigenvalue weighted by molar-refractivity contribution is 7.91. The summed E-state index contributed by atoms with van der Waals surface area (Å²) in [6.45, 7) is 0.391. The summed E-state index contributed by atoms with van der Waals surface area (Å²) in [5, 5.41) is 11.7. The number of hydrogen-bond donors (Lipinski definition) is 2. The minimum atomic E-state index is -4.84. The molecular formula is C26H26F3N3O5S. The molecule has 5 rings (SSSR count). The summed E-state index contributed by atoms with van der Waals surface area (Å²) < 4.78 is 74.2. The zero-order chi connectivity index (χ0) is 26.9. The minimum absolute atomic E-state index is 0.0487. The monoisotopic (exact) mass is 549 g/mol. The molecule has 1 fully saturated rings. The molecular weight excluding hydrogens is 523 g/mol. The lowest BCUT2D eigenvalue weighted by Crippen LogP contribution is -2.54. The minimum Gasteiger partial charge on any atom is -0.453 e. The van der Waals surface area contributed by atoms with Crippen molar-refractivity contribution in [1.82, 2.24) is 4.72 Å². The van der Waals surface area contributed by atoms with Crippen LogP contribution in [0.4, 0.5) is 24.5 Å². The molecule has 8 nitrogen and oxygen atoms in total. The summed E-state index contributed by atoms with van der Waals surface area (Å²) in [5.41, 5.74) is 1.55. The number of benzene rings is 3. The molecule has 2 N–H and O–H groups in total. The molecule has 3 aromatic rings. The van der Waals surface area contributed by atoms with Crippen LogP contribution in [-0.4, -0.2) is 54.1 Å². The van der Waals surface area contributed by atoms with Gasteiger partial charge in [0.1, 0.15) is 15.7 Å². The number of alkyl halides is 3. The fourth-order valence-electron chi connectivity index (χ4n) is 4.69. The number of aliphatic hydroxyl groups excluding tert-OH is 1. The lowest BCUT2D eigenvalue weighted by molar-refractivity contribution is -0.274. The van der Waals surface area contributed by atoms with Crippen molar-refractivity contribution in [3.63, 3.8) is 0 Å². The molecule has 0 spiro atoms. The van der Waals surface area contributed by atoms with Gasteiger partial charge >= 0.3 is 6.36 Å². The topological polar surface area (TPSA) is 92.6 Å². The quantitative estimate of drug-likeness (QED) is 0.465. The predicted octanol–water partition coefficient (Wildman–Crippen LogP) is 5.01. The number of aliphatic hydroxyl groups is 1. The molecule has 2 aliphatic heterocycles. The maximum atomic E-state index is 13.8. The van der Waals surface area contributed by atoms with E-state index in [1.54, 1.807) is 0 Å². The van der Waals surface area contributed by atoms with E-state index in [9.17, 15) is 22.5 Å². The second kappa shape index (κ2) is 10.4. The number of hydrogen-bond acceptors (Lipinski definition) is 7. The van der Waals surface area contributed by atoms with Crippen LogP contribution < -0.4 is 19.1 Å². The van der Waals surface area contributed by atoms with E-state index in [1.807, 2.05) is 53.4 Å². The van der Waals surface area contributed by atoms with Gasteiger partial charge in [-0.05, 0) is 55.0 Å². The van der Waals surface area contributed by atoms with Crippen LogP contribution in [0.3, 0.4) is 0 Å². The highest BCUT2D eigenvalue weighted by Crippen LogP contribution is 2.48. The summed E-state index contributed by atoms with van der Waals surface area (Å²) in [6.07, 6.45) is -5.44. The van der Waals surface area contributed by atoms with Gasteiger partial charge in [0, 0.05) is 13.7 Å². The Kier molecular flexibility index (Phi) is 7.23. The van der Waals surface area contributed by atoms with Gasteiger partial charge in [0.15, 0.2) is 11.5 Å². The van der Waals surface area contributed by atoms with Crippen molar-refractivity contribution >= 4 is 21.3 Å². The number of ether oxygens (including phenoxy) is 3. The normalized spacial score (nSPS) is 22.8. The van der Waals surface area contributed by atoms with Crippen molar-refractivity contribution < 1.29 is 36.7 Å². The van der Waals surface area contributed by atoms with E-state index in [2.05, 4.69) is 13.8 Å². The SMILES string of the molecule is CN=S(=O)(N[C@@H]1COCC[C@@H](N2c3ccccc3Oc3ccccc32)[C@@H]1O)c1ccc(OC(F)(F)F)cc1. The largest absolute Gasteiger partial charge is 0.573 e. The third kappa shape index (κ3) is 5.30. The van der Waals surface area contributed by atoms with Crippen molar-refractivity contribution in [2.75, 3.05) is 25.2 Å². The van der Waals surface area contributed by atoms with E-state index >= 15 is 0 Å². The highest BCUT2D eigenvalue weighted by Gasteiger charge is 2.40. The lowest BCUT2D eigenvalue weighted by atomic mass is 9.98. The number of fused-ring (bicyclic) bond motifs is 2. The third-order valence-corrected chi connectivity index (χ3v) is 8.46. The molecule has 38 heavy (non-hydrogen) atoms. The van der Waals surface area contributed by atoms with Crippen molar-refractivity contribution in [3.05, 3.63) is 72.8 Å². The number of rotatable bonds is 5. The number of nitrogens with zero attached hydrogens (tertiary/aromatic N) is 2. The van der Waals surface area contributed by atoms with Crippen molar-refractivity contribution in [3.8, 4) is 17.2 Å². The lowest BCUT2D eigenvalue weighted by Gasteiger charge is -2.41. The molecule has 4 atom stereocenters. The van der Waals surface area contributed by atoms with Gasteiger partial charge in [0.2, 0.25) is 0 Å². The average molecular weight is 550 g/mol. The van der Waals surface area contributed by atoms with Gasteiger partial charge in [0.25, 0.3) is 0 Å². The Balaban J connectivity index is 1.45. The molecule has 12 heteroatoms. The number of anilines is 2. The second-order valence-electron chi connectivity index (χ2n) is 8.78. The molecule has 202 valence electrons. The molecule has 2 heterocycles. The fraction of sp³-hybridized carbons (Fsp3) is 0.308. The van der Waals surface area contributed by atoms with Gasteiger partial charge < -0.3 is 24.2 Å². The molecule has 0 aromatic heterocycles. The molecule has 1 unspecified atom stereocenters. The summed E-state index contributed by atoms with van der Waals surface area (Å²) in [4.78, 5) is 2.15. The summed E-state index contributed by atoms with van der Waals surface area (Å²) in [7, 11) is -2.00. The van der Waals surface area contributed by atoms with Crippen LogP contribution in [0, 0.1) is 0 Å². The van der Waals surface area contributed by atoms with Gasteiger partial charge in [-0.3, -0.25) is 0 Å². The third-order valence-electron chi connectivity index (χ3n) is 6.41. The first-order valence-corrected chi connectivity index (χ1v) is 13.4. The van der Waals surface area contributed by atoms with Gasteiger partial charge in [-0.15, -0.1) is 13.2 Å². The van der Waals surface area contributed by atoms with Crippen molar-refractivity contribution in [2.45, 2.75) is 35.9 Å². The Labute approximate surface area is 218 Å². The molecule has 1 saturated heterocycles. The summed E-state index contributed by atoms with van der Waals surface area (Å²) in [6, 6.07) is 18.3. The molecule has 0 aliphatic carbocycles. The molecule has 0 radical (unpaired) electrons. The predicted molar refractivity (Wildman–Crippen MR) is 135 cm³/mol. The Bertz CT molecular complexity index is 1360. The van der Waals surface area contributed by atoms with E-state index < -0.39 is 40.2 Å². The average Bonchev–Trinajstić information content (AvgIpc) is 3.07. The number of nitrogens with one attached hydrogen (secondary N) is 1. The van der Waals surface area contributed by atoms with Crippen LogP contribution in [0.25, 0.3) is 0 Å². The Morgan fingerprint density at radius 2 is 1.63 bits per heavy atom. The van der Waals surface area contributed by atoms with Crippen molar-refractivity contribution in [2.24, 2.45) is 4.36 Å². The standard InChI is InChI=1S/C26H26F3N3O5S/c1-30-38(34,18-12-10-17(11-13-18)37-26(27,28)29)31-19-16-35-15-14-22(25(19)33)32-20-6-2-4-8-23(20)36-24-9-5-3-7-21(24)32/h2-13,19,22,25,33H,14-16H2,1H3,(H,30,31,34)/t19-,22-,25-,38?/m1/s1. The van der Waals surface area contributed by atoms with Gasteiger partial charge in [-0.1, -0.05) is 24.3 Å². The molecule has 0 bridgehead atoms. The Hall–Kier alpha value is -3.32. The zero-order valence-corrected chi connectivity index (χ0v) is 21.1. The first kappa shape index (κ1) is 26.3. The van der Waals surface area contributed by atoms with Gasteiger partial charge in [-0.25, -0.2) is 13.3 Å². The van der Waals surface area contributed by atoms with Crippen LogP contribution >= 0.6 is 0 Å². The van der Waals surface area contributed by atoms with Crippen LogP contribution in [0.1, 0.15) is 6.42 Å². The highest BCUT2D eigenvalue weighted by atomic mass is 32.2. The summed E-state index contributed by atoms with van der Waals surface area (Å²) >= 11 is 0. The Morgan fingerprint density at radius 1 is 1.03 bits per heavy atom. The van der Waals surface area contributed by atoms with E-state index in [1.165, 1.54) is 19.2 Å². The Morgan fingerprint density at radius 3 is 2.21 bits per heavy atom. The molecule has 0 saturated carbocycles. The number of halogens is 3.